The molecule has 0 unspecified atom stereocenters. The van der Waals surface area contributed by atoms with Gasteiger partial charge in [0.2, 0.25) is 0 Å². The van der Waals surface area contributed by atoms with Crippen LogP contribution in [0.2, 0.25) is 0 Å². The van der Waals surface area contributed by atoms with Crippen LogP contribution >= 0.6 is 11.3 Å². The topological polar surface area (TPSA) is 18.5 Å². The molecule has 21 heavy (non-hydrogen) atoms. The van der Waals surface area contributed by atoms with Gasteiger partial charge in [-0.15, -0.1) is 11.3 Å². The van der Waals surface area contributed by atoms with Crippen LogP contribution in [-0.2, 0) is 0 Å². The predicted octanol–water partition coefficient (Wildman–Crippen LogP) is 5.41. The van der Waals surface area contributed by atoms with Crippen molar-refractivity contribution in [2.24, 2.45) is 0 Å². The number of benzene rings is 1. The van der Waals surface area contributed by atoms with Crippen LogP contribution in [-0.4, -0.2) is 14.2 Å². The van der Waals surface area contributed by atoms with Gasteiger partial charge in [-0.3, -0.25) is 0 Å². The van der Waals surface area contributed by atoms with Gasteiger partial charge in [0.05, 0.1) is 14.2 Å². The summed E-state index contributed by atoms with van der Waals surface area (Å²) in [4.78, 5) is 1.31. The molecule has 1 aromatic carbocycles. The van der Waals surface area contributed by atoms with E-state index in [4.69, 9.17) is 9.47 Å². The number of aryl methyl sites for hydroxylation is 1. The van der Waals surface area contributed by atoms with Crippen LogP contribution in [0.15, 0.2) is 30.3 Å². The molecular weight excluding hydrogens is 280 g/mol. The molecule has 0 atom stereocenters. The summed E-state index contributed by atoms with van der Waals surface area (Å²) < 4.78 is 10.6. The zero-order valence-corrected chi connectivity index (χ0v) is 13.9. The minimum Gasteiger partial charge on any atom is -0.497 e. The van der Waals surface area contributed by atoms with Gasteiger partial charge in [0.25, 0.3) is 0 Å². The summed E-state index contributed by atoms with van der Waals surface area (Å²) in [6, 6.07) is 10.3. The SMILES string of the molecule is CCCC(=Cc1ccc(OC)cc1)c1cc(OC)sc1C. The van der Waals surface area contributed by atoms with Crippen molar-refractivity contribution < 1.29 is 9.47 Å². The Balaban J connectivity index is 2.36. The maximum atomic E-state index is 5.36. The Morgan fingerprint density at radius 2 is 1.86 bits per heavy atom. The molecule has 0 saturated heterocycles. The summed E-state index contributed by atoms with van der Waals surface area (Å²) in [5.41, 5.74) is 3.86. The average molecular weight is 302 g/mol. The third-order valence-electron chi connectivity index (χ3n) is 3.42. The van der Waals surface area contributed by atoms with Gasteiger partial charge in [0.15, 0.2) is 5.06 Å². The van der Waals surface area contributed by atoms with E-state index in [-0.39, 0.29) is 0 Å². The summed E-state index contributed by atoms with van der Waals surface area (Å²) in [6.07, 6.45) is 4.45. The molecule has 0 aliphatic heterocycles. The van der Waals surface area contributed by atoms with Gasteiger partial charge in [-0.25, -0.2) is 0 Å². The molecule has 0 bridgehead atoms. The highest BCUT2D eigenvalue weighted by Gasteiger charge is 2.10. The highest BCUT2D eigenvalue weighted by Crippen LogP contribution is 2.35. The Morgan fingerprint density at radius 3 is 2.38 bits per heavy atom. The van der Waals surface area contributed by atoms with E-state index in [1.54, 1.807) is 25.6 Å². The van der Waals surface area contributed by atoms with Gasteiger partial charge in [-0.05, 0) is 48.2 Å². The predicted molar refractivity (Wildman–Crippen MR) is 91.4 cm³/mol. The number of methoxy groups -OCH3 is 2. The molecule has 0 saturated carbocycles. The Bertz CT molecular complexity index is 609. The van der Waals surface area contributed by atoms with Gasteiger partial charge < -0.3 is 9.47 Å². The molecule has 0 N–H and O–H groups in total. The van der Waals surface area contributed by atoms with Crippen molar-refractivity contribution in [1.82, 2.24) is 0 Å². The molecule has 0 spiro atoms. The van der Waals surface area contributed by atoms with Crippen molar-refractivity contribution in [3.8, 4) is 10.8 Å². The van der Waals surface area contributed by atoms with Crippen LogP contribution < -0.4 is 9.47 Å². The lowest BCUT2D eigenvalue weighted by atomic mass is 9.99. The van der Waals surface area contributed by atoms with Crippen molar-refractivity contribution in [3.05, 3.63) is 46.3 Å². The number of rotatable bonds is 6. The largest absolute Gasteiger partial charge is 0.497 e. The molecule has 0 aliphatic carbocycles. The van der Waals surface area contributed by atoms with Gasteiger partial charge >= 0.3 is 0 Å². The monoisotopic (exact) mass is 302 g/mol. The zero-order valence-electron chi connectivity index (χ0n) is 13.1. The molecule has 0 aliphatic rings. The first-order valence-electron chi connectivity index (χ1n) is 7.17. The van der Waals surface area contributed by atoms with Crippen molar-refractivity contribution in [2.45, 2.75) is 26.7 Å². The first kappa shape index (κ1) is 15.6. The van der Waals surface area contributed by atoms with Crippen LogP contribution in [0.1, 0.15) is 35.8 Å². The molecule has 1 heterocycles. The Kier molecular flexibility index (Phi) is 5.45. The fraction of sp³-hybridized carbons (Fsp3) is 0.333. The van der Waals surface area contributed by atoms with E-state index in [1.807, 2.05) is 12.1 Å². The molecule has 2 rings (SSSR count). The van der Waals surface area contributed by atoms with Crippen LogP contribution in [0.4, 0.5) is 0 Å². The van der Waals surface area contributed by atoms with Crippen LogP contribution in [0.25, 0.3) is 11.6 Å². The van der Waals surface area contributed by atoms with Crippen LogP contribution in [0.5, 0.6) is 10.8 Å². The lowest BCUT2D eigenvalue weighted by Crippen LogP contribution is -1.86. The minimum absolute atomic E-state index is 0.887. The summed E-state index contributed by atoms with van der Waals surface area (Å²) >= 11 is 1.70. The van der Waals surface area contributed by atoms with Crippen molar-refractivity contribution in [2.75, 3.05) is 14.2 Å². The van der Waals surface area contributed by atoms with E-state index in [1.165, 1.54) is 21.6 Å². The molecule has 2 aromatic rings. The normalized spacial score (nSPS) is 11.5. The second-order valence-corrected chi connectivity index (χ2v) is 6.15. The molecular formula is C18H22O2S. The lowest BCUT2D eigenvalue weighted by Gasteiger charge is -2.07. The number of thiophene rings is 1. The second-order valence-electron chi connectivity index (χ2n) is 4.93. The van der Waals surface area contributed by atoms with E-state index in [0.717, 1.165) is 23.7 Å². The third-order valence-corrected chi connectivity index (χ3v) is 4.43. The van der Waals surface area contributed by atoms with Crippen molar-refractivity contribution >= 4 is 23.0 Å². The second kappa shape index (κ2) is 7.32. The molecule has 0 fully saturated rings. The highest BCUT2D eigenvalue weighted by molar-refractivity contribution is 7.14. The van der Waals surface area contributed by atoms with E-state index in [9.17, 15) is 0 Å². The third kappa shape index (κ3) is 3.88. The van der Waals surface area contributed by atoms with Gasteiger partial charge in [-0.1, -0.05) is 31.6 Å². The Morgan fingerprint density at radius 1 is 1.14 bits per heavy atom. The zero-order chi connectivity index (χ0) is 15.2. The van der Waals surface area contributed by atoms with E-state index < -0.39 is 0 Å². The summed E-state index contributed by atoms with van der Waals surface area (Å²) in [6.45, 7) is 4.36. The number of ether oxygens (including phenoxy) is 2. The van der Waals surface area contributed by atoms with Crippen molar-refractivity contribution in [1.29, 1.82) is 0 Å². The van der Waals surface area contributed by atoms with Crippen LogP contribution in [0.3, 0.4) is 0 Å². The maximum Gasteiger partial charge on any atom is 0.174 e. The van der Waals surface area contributed by atoms with Crippen molar-refractivity contribution in [3.63, 3.8) is 0 Å². The first-order chi connectivity index (χ1) is 10.2. The summed E-state index contributed by atoms with van der Waals surface area (Å²) in [5.74, 6) is 0.887. The van der Waals surface area contributed by atoms with Gasteiger partial charge in [-0.2, -0.15) is 0 Å². The van der Waals surface area contributed by atoms with Crippen LogP contribution in [0, 0.1) is 6.92 Å². The highest BCUT2D eigenvalue weighted by atomic mass is 32.1. The number of hydrogen-bond acceptors (Lipinski definition) is 3. The minimum atomic E-state index is 0.887. The Hall–Kier alpha value is -1.74. The van der Waals surface area contributed by atoms with Gasteiger partial charge in [0.1, 0.15) is 5.75 Å². The lowest BCUT2D eigenvalue weighted by molar-refractivity contribution is 0.415. The fourth-order valence-corrected chi connectivity index (χ4v) is 3.19. The number of allylic oxidation sites excluding steroid dienone is 1. The van der Waals surface area contributed by atoms with Gasteiger partial charge in [0, 0.05) is 4.88 Å². The molecule has 0 radical (unpaired) electrons. The fourth-order valence-electron chi connectivity index (χ4n) is 2.33. The van der Waals surface area contributed by atoms with E-state index >= 15 is 0 Å². The smallest absolute Gasteiger partial charge is 0.174 e. The standard InChI is InChI=1S/C18H22O2S/c1-5-6-15(17-12-18(20-4)21-13(17)2)11-14-7-9-16(19-3)10-8-14/h7-12H,5-6H2,1-4H3. The first-order valence-corrected chi connectivity index (χ1v) is 7.99. The molecule has 0 amide bonds. The maximum absolute atomic E-state index is 5.36. The number of hydrogen-bond donors (Lipinski definition) is 0. The average Bonchev–Trinajstić information content (AvgIpc) is 2.88. The van der Waals surface area contributed by atoms with E-state index in [0.29, 0.717) is 0 Å². The summed E-state index contributed by atoms with van der Waals surface area (Å²) in [5, 5.41) is 0.972. The Labute approximate surface area is 131 Å². The molecule has 1 aromatic heterocycles. The molecule has 3 heteroatoms. The molecule has 2 nitrogen and oxygen atoms in total. The molecule has 112 valence electrons. The summed E-state index contributed by atoms with van der Waals surface area (Å²) in [7, 11) is 3.41. The van der Waals surface area contributed by atoms with E-state index in [2.05, 4.69) is 38.1 Å². The quantitative estimate of drug-likeness (QED) is 0.710.